The molecule has 0 aliphatic carbocycles. The fraction of sp³-hybridized carbons (Fsp3) is 0.192. The van der Waals surface area contributed by atoms with Gasteiger partial charge in [0.15, 0.2) is 11.6 Å². The van der Waals surface area contributed by atoms with Crippen LogP contribution in [0.2, 0.25) is 0 Å². The van der Waals surface area contributed by atoms with Crippen molar-refractivity contribution in [2.45, 2.75) is 13.2 Å². The van der Waals surface area contributed by atoms with Crippen LogP contribution >= 0.6 is 0 Å². The van der Waals surface area contributed by atoms with Gasteiger partial charge >= 0.3 is 5.97 Å². The van der Waals surface area contributed by atoms with E-state index in [9.17, 15) is 13.6 Å². The van der Waals surface area contributed by atoms with Crippen LogP contribution in [0.1, 0.15) is 11.1 Å². The van der Waals surface area contributed by atoms with Gasteiger partial charge in [-0.1, -0.05) is 47.6 Å². The van der Waals surface area contributed by atoms with Crippen molar-refractivity contribution < 1.29 is 27.9 Å². The fourth-order valence-electron chi connectivity index (χ4n) is 3.79. The Morgan fingerprint density at radius 2 is 1.80 bits per heavy atom. The zero-order valence-electron chi connectivity index (χ0n) is 19.2. The monoisotopic (exact) mass is 479 g/mol. The molecule has 35 heavy (non-hydrogen) atoms. The number of benzene rings is 3. The number of halogens is 2. The number of carbonyl (C=O) groups is 1. The highest BCUT2D eigenvalue weighted by molar-refractivity contribution is 5.72. The summed E-state index contributed by atoms with van der Waals surface area (Å²) >= 11 is 0. The summed E-state index contributed by atoms with van der Waals surface area (Å²) in [4.78, 5) is 17.0. The predicted octanol–water partition coefficient (Wildman–Crippen LogP) is 5.01. The molecule has 0 amide bonds. The number of carboxylic acid groups (broad SMARTS) is 1. The minimum Gasteiger partial charge on any atom is -0.480 e. The van der Waals surface area contributed by atoms with Crippen LogP contribution in [-0.2, 0) is 22.7 Å². The zero-order chi connectivity index (χ0) is 24.9. The highest BCUT2D eigenvalue weighted by Crippen LogP contribution is 2.32. The van der Waals surface area contributed by atoms with Crippen LogP contribution in [0.3, 0.4) is 0 Å². The highest BCUT2D eigenvalue weighted by Gasteiger charge is 2.17. The molecule has 9 heteroatoms. The summed E-state index contributed by atoms with van der Waals surface area (Å²) in [6, 6.07) is 16.6. The lowest BCUT2D eigenvalue weighted by Gasteiger charge is -2.13. The lowest BCUT2D eigenvalue weighted by molar-refractivity contribution is -0.138. The van der Waals surface area contributed by atoms with Crippen molar-refractivity contribution in [2.75, 3.05) is 20.7 Å². The van der Waals surface area contributed by atoms with E-state index in [1.165, 1.54) is 19.2 Å². The van der Waals surface area contributed by atoms with Crippen LogP contribution in [0.15, 0.2) is 65.2 Å². The summed E-state index contributed by atoms with van der Waals surface area (Å²) in [7, 11) is 3.26. The molecule has 1 heterocycles. The molecule has 1 aromatic heterocycles. The smallest absolute Gasteiger partial charge is 0.317 e. The molecule has 0 atom stereocenters. The van der Waals surface area contributed by atoms with E-state index in [0.717, 1.165) is 17.2 Å². The van der Waals surface area contributed by atoms with E-state index in [0.29, 0.717) is 29.1 Å². The molecule has 3 aromatic carbocycles. The number of rotatable bonds is 9. The van der Waals surface area contributed by atoms with Gasteiger partial charge in [-0.05, 0) is 41.9 Å². The van der Waals surface area contributed by atoms with Crippen molar-refractivity contribution in [2.24, 2.45) is 0 Å². The van der Waals surface area contributed by atoms with Crippen LogP contribution in [-0.4, -0.2) is 46.8 Å². The molecule has 0 saturated carbocycles. The zero-order valence-corrected chi connectivity index (χ0v) is 19.2. The first-order chi connectivity index (χ1) is 16.9. The Morgan fingerprint density at radius 1 is 1.06 bits per heavy atom. The number of likely N-dealkylation sites (N-methyl/N-ethyl adjacent to an activating group) is 1. The maximum atomic E-state index is 14.4. The van der Waals surface area contributed by atoms with Gasteiger partial charge in [0.05, 0.1) is 13.2 Å². The second-order valence-corrected chi connectivity index (χ2v) is 8.09. The van der Waals surface area contributed by atoms with Gasteiger partial charge < -0.3 is 14.4 Å². The van der Waals surface area contributed by atoms with Crippen LogP contribution in [0.25, 0.3) is 34.0 Å². The lowest BCUT2D eigenvalue weighted by Crippen LogP contribution is -2.25. The number of ether oxygens (including phenoxy) is 1. The Balaban J connectivity index is 1.58. The van der Waals surface area contributed by atoms with E-state index in [1.807, 2.05) is 24.3 Å². The van der Waals surface area contributed by atoms with E-state index in [4.69, 9.17) is 14.4 Å². The Hall–Kier alpha value is -3.95. The fourth-order valence-corrected chi connectivity index (χ4v) is 3.79. The van der Waals surface area contributed by atoms with Gasteiger partial charge in [-0.25, -0.2) is 8.78 Å². The Bertz CT molecular complexity index is 1340. The molecular weight excluding hydrogens is 456 g/mol. The normalized spacial score (nSPS) is 11.2. The van der Waals surface area contributed by atoms with E-state index in [-0.39, 0.29) is 24.6 Å². The molecule has 0 unspecified atom stereocenters. The molecule has 0 aliphatic rings. The summed E-state index contributed by atoms with van der Waals surface area (Å²) < 4.78 is 38.9. The predicted molar refractivity (Wildman–Crippen MR) is 125 cm³/mol. The number of aromatic nitrogens is 2. The van der Waals surface area contributed by atoms with Crippen molar-refractivity contribution in [3.05, 3.63) is 83.4 Å². The van der Waals surface area contributed by atoms with Crippen LogP contribution in [0.4, 0.5) is 8.78 Å². The van der Waals surface area contributed by atoms with Crippen molar-refractivity contribution in [1.29, 1.82) is 0 Å². The Kier molecular flexibility index (Phi) is 7.28. The standard InChI is InChI=1S/C26H23F2N3O4/c1-31(14-23(32)33)13-16-6-8-17(9-7-16)25-29-26(35-30-25)18-10-11-20(19(12-18)15-34-2)21-4-3-5-22(27)24(21)28/h3-12H,13-15H2,1-2H3,(H,32,33). The van der Waals surface area contributed by atoms with E-state index in [1.54, 1.807) is 30.1 Å². The molecule has 7 nitrogen and oxygen atoms in total. The molecule has 1 N–H and O–H groups in total. The van der Waals surface area contributed by atoms with Gasteiger partial charge in [-0.3, -0.25) is 9.69 Å². The summed E-state index contributed by atoms with van der Waals surface area (Å²) in [5.74, 6) is -2.06. The third kappa shape index (κ3) is 5.59. The molecule has 0 radical (unpaired) electrons. The van der Waals surface area contributed by atoms with Gasteiger partial charge in [0.2, 0.25) is 5.82 Å². The van der Waals surface area contributed by atoms with Gasteiger partial charge in [0.1, 0.15) is 0 Å². The van der Waals surface area contributed by atoms with Crippen molar-refractivity contribution in [1.82, 2.24) is 15.0 Å². The molecule has 0 saturated heterocycles. The van der Waals surface area contributed by atoms with Crippen LogP contribution < -0.4 is 0 Å². The third-order valence-electron chi connectivity index (χ3n) is 5.39. The van der Waals surface area contributed by atoms with Crippen molar-refractivity contribution >= 4 is 5.97 Å². The van der Waals surface area contributed by atoms with Gasteiger partial charge in [0, 0.05) is 30.3 Å². The first-order valence-corrected chi connectivity index (χ1v) is 10.8. The average molecular weight is 479 g/mol. The molecule has 0 bridgehead atoms. The lowest BCUT2D eigenvalue weighted by atomic mass is 9.97. The van der Waals surface area contributed by atoms with E-state index >= 15 is 0 Å². The molecule has 0 spiro atoms. The highest BCUT2D eigenvalue weighted by atomic mass is 19.2. The van der Waals surface area contributed by atoms with E-state index in [2.05, 4.69) is 10.1 Å². The second kappa shape index (κ2) is 10.5. The number of carboxylic acids is 1. The first kappa shape index (κ1) is 24.2. The molecular formula is C26H23F2N3O4. The number of nitrogens with zero attached hydrogens (tertiary/aromatic N) is 3. The molecule has 180 valence electrons. The third-order valence-corrected chi connectivity index (χ3v) is 5.39. The largest absolute Gasteiger partial charge is 0.480 e. The van der Waals surface area contributed by atoms with Crippen molar-refractivity contribution in [3.8, 4) is 34.0 Å². The average Bonchev–Trinajstić information content (AvgIpc) is 3.32. The minimum atomic E-state index is -0.921. The van der Waals surface area contributed by atoms with E-state index < -0.39 is 17.6 Å². The van der Waals surface area contributed by atoms with Crippen molar-refractivity contribution in [3.63, 3.8) is 0 Å². The molecule has 4 aromatic rings. The summed E-state index contributed by atoms with van der Waals surface area (Å²) in [5, 5.41) is 12.9. The topological polar surface area (TPSA) is 88.7 Å². The second-order valence-electron chi connectivity index (χ2n) is 8.09. The number of hydrogen-bond donors (Lipinski definition) is 1. The number of aliphatic carboxylic acids is 1. The first-order valence-electron chi connectivity index (χ1n) is 10.8. The van der Waals surface area contributed by atoms with Gasteiger partial charge in [-0.2, -0.15) is 4.98 Å². The van der Waals surface area contributed by atoms with Gasteiger partial charge in [-0.15, -0.1) is 0 Å². The molecule has 0 aliphatic heterocycles. The molecule has 0 fully saturated rings. The minimum absolute atomic E-state index is 0.0499. The number of methoxy groups -OCH3 is 1. The molecule has 4 rings (SSSR count). The van der Waals surface area contributed by atoms with Crippen LogP contribution in [0.5, 0.6) is 0 Å². The Morgan fingerprint density at radius 3 is 2.51 bits per heavy atom. The maximum absolute atomic E-state index is 14.4. The maximum Gasteiger partial charge on any atom is 0.317 e. The summed E-state index contributed by atoms with van der Waals surface area (Å²) in [6.07, 6.45) is 0. The van der Waals surface area contributed by atoms with Gasteiger partial charge in [0.25, 0.3) is 5.89 Å². The summed E-state index contributed by atoms with van der Waals surface area (Å²) in [6.45, 7) is 0.619. The summed E-state index contributed by atoms with van der Waals surface area (Å²) in [5.41, 5.74) is 3.60. The quantitative estimate of drug-likeness (QED) is 0.361. The number of hydrogen-bond acceptors (Lipinski definition) is 6. The van der Waals surface area contributed by atoms with Crippen LogP contribution in [0, 0.1) is 11.6 Å². The Labute approximate surface area is 200 Å². The SMILES string of the molecule is COCc1cc(-c2nc(-c3ccc(CN(C)CC(=O)O)cc3)no2)ccc1-c1cccc(F)c1F.